The summed E-state index contributed by atoms with van der Waals surface area (Å²) in [6.07, 6.45) is 5.86. The fourth-order valence-electron chi connectivity index (χ4n) is 2.71. The Balaban J connectivity index is 1.97. The summed E-state index contributed by atoms with van der Waals surface area (Å²) >= 11 is 0. The fraction of sp³-hybridized carbons (Fsp3) is 0.900. The van der Waals surface area contributed by atoms with E-state index < -0.39 is 0 Å². The average Bonchev–Trinajstić information content (AvgIpc) is 2.37. The van der Waals surface area contributed by atoms with E-state index in [2.05, 4.69) is 0 Å². The van der Waals surface area contributed by atoms with Crippen LogP contribution in [0, 0.1) is 0 Å². The summed E-state index contributed by atoms with van der Waals surface area (Å²) in [5.41, 5.74) is 0. The van der Waals surface area contributed by atoms with Gasteiger partial charge in [-0.2, -0.15) is 0 Å². The number of hydrogen-bond donors (Lipinski definition) is 0. The molecule has 2 heterocycles. The first kappa shape index (κ1) is 9.00. The van der Waals surface area contributed by atoms with Gasteiger partial charge < -0.3 is 9.64 Å². The number of fused-ring (bicyclic) bond motifs is 2. The number of rotatable bonds is 3. The zero-order valence-corrected chi connectivity index (χ0v) is 8.11. The molecule has 0 aromatic rings. The number of ether oxygens (including phenoxy) is 1. The van der Waals surface area contributed by atoms with Crippen molar-refractivity contribution in [1.82, 2.24) is 4.90 Å². The Morgan fingerprint density at radius 2 is 2.00 bits per heavy atom. The molecule has 0 saturated carbocycles. The largest absolute Gasteiger partial charge is 0.378 e. The van der Waals surface area contributed by atoms with Crippen LogP contribution in [0.1, 0.15) is 32.6 Å². The summed E-state index contributed by atoms with van der Waals surface area (Å²) in [6.45, 7) is 2.83. The topological polar surface area (TPSA) is 29.5 Å². The van der Waals surface area contributed by atoms with Crippen molar-refractivity contribution in [1.29, 1.82) is 0 Å². The van der Waals surface area contributed by atoms with Crippen LogP contribution in [0.2, 0.25) is 0 Å². The molecule has 0 aromatic heterocycles. The summed E-state index contributed by atoms with van der Waals surface area (Å²) in [7, 11) is 0. The first-order valence-corrected chi connectivity index (χ1v) is 5.19. The van der Waals surface area contributed by atoms with Crippen LogP contribution in [0.5, 0.6) is 0 Å². The van der Waals surface area contributed by atoms with E-state index in [1.165, 1.54) is 12.8 Å². The molecule has 2 fully saturated rings. The lowest BCUT2D eigenvalue weighted by molar-refractivity contribution is -0.124. The Kier molecular flexibility index (Phi) is 2.54. The lowest BCUT2D eigenvalue weighted by atomic mass is 10.0. The molecule has 2 unspecified atom stereocenters. The minimum absolute atomic E-state index is 0.402. The minimum Gasteiger partial charge on any atom is -0.378 e. The number of piperidine rings is 1. The molecule has 2 bridgehead atoms. The van der Waals surface area contributed by atoms with Gasteiger partial charge in [-0.25, -0.2) is 0 Å². The van der Waals surface area contributed by atoms with Crippen LogP contribution in [-0.4, -0.2) is 36.1 Å². The molecule has 2 atom stereocenters. The first-order chi connectivity index (χ1) is 6.35. The molecule has 13 heavy (non-hydrogen) atoms. The molecule has 2 aliphatic heterocycles. The lowest BCUT2D eigenvalue weighted by Gasteiger charge is -2.36. The highest BCUT2D eigenvalue weighted by Crippen LogP contribution is 2.35. The summed E-state index contributed by atoms with van der Waals surface area (Å²) in [5.74, 6) is 0. The van der Waals surface area contributed by atoms with Gasteiger partial charge in [0.05, 0.1) is 6.10 Å². The maximum Gasteiger partial charge on any atom is 0.210 e. The van der Waals surface area contributed by atoms with Crippen LogP contribution in [0.3, 0.4) is 0 Å². The molecule has 0 N–H and O–H groups in total. The van der Waals surface area contributed by atoms with Gasteiger partial charge in [0, 0.05) is 18.7 Å². The quantitative estimate of drug-likeness (QED) is 0.615. The summed E-state index contributed by atoms with van der Waals surface area (Å²) in [4.78, 5) is 12.8. The van der Waals surface area contributed by atoms with E-state index in [4.69, 9.17) is 4.74 Å². The number of hydrogen-bond acceptors (Lipinski definition) is 2. The van der Waals surface area contributed by atoms with Crippen molar-refractivity contribution in [3.63, 3.8) is 0 Å². The van der Waals surface area contributed by atoms with Gasteiger partial charge >= 0.3 is 0 Å². The van der Waals surface area contributed by atoms with Crippen molar-refractivity contribution < 1.29 is 9.53 Å². The minimum atomic E-state index is 0.402. The maximum atomic E-state index is 10.8. The number of amides is 1. The van der Waals surface area contributed by atoms with E-state index >= 15 is 0 Å². The van der Waals surface area contributed by atoms with Crippen LogP contribution in [0.4, 0.5) is 0 Å². The molecule has 74 valence electrons. The molecule has 3 nitrogen and oxygen atoms in total. The standard InChI is InChI=1S/C10H17NO2/c1-2-13-10-5-8-3-4-9(6-10)11(8)7-12/h7-10H,2-6H2,1H3. The molecule has 1 amide bonds. The van der Waals surface area contributed by atoms with Gasteiger partial charge in [0.25, 0.3) is 0 Å². The second kappa shape index (κ2) is 3.66. The van der Waals surface area contributed by atoms with Crippen molar-refractivity contribution >= 4 is 6.41 Å². The van der Waals surface area contributed by atoms with Gasteiger partial charge in [-0.05, 0) is 32.6 Å². The molecule has 0 aromatic carbocycles. The fourth-order valence-corrected chi connectivity index (χ4v) is 2.71. The van der Waals surface area contributed by atoms with E-state index in [9.17, 15) is 4.79 Å². The second-order valence-electron chi connectivity index (χ2n) is 3.99. The van der Waals surface area contributed by atoms with Crippen LogP contribution in [0.15, 0.2) is 0 Å². The SMILES string of the molecule is CCOC1CC2CCC(C1)N2C=O. The predicted molar refractivity (Wildman–Crippen MR) is 49.4 cm³/mol. The van der Waals surface area contributed by atoms with Crippen LogP contribution >= 0.6 is 0 Å². The van der Waals surface area contributed by atoms with Gasteiger partial charge in [-0.1, -0.05) is 0 Å². The maximum absolute atomic E-state index is 10.8. The van der Waals surface area contributed by atoms with Gasteiger partial charge in [0.1, 0.15) is 0 Å². The molecule has 2 aliphatic rings. The van der Waals surface area contributed by atoms with Crippen molar-refractivity contribution in [2.75, 3.05) is 6.61 Å². The first-order valence-electron chi connectivity index (χ1n) is 5.19. The normalized spacial score (nSPS) is 37.9. The molecule has 0 aliphatic carbocycles. The van der Waals surface area contributed by atoms with Crippen molar-refractivity contribution in [3.05, 3.63) is 0 Å². The zero-order chi connectivity index (χ0) is 9.26. The van der Waals surface area contributed by atoms with Gasteiger partial charge in [0.15, 0.2) is 0 Å². The van der Waals surface area contributed by atoms with E-state index in [1.807, 2.05) is 11.8 Å². The van der Waals surface area contributed by atoms with Gasteiger partial charge in [0.2, 0.25) is 6.41 Å². The van der Waals surface area contributed by atoms with Crippen LogP contribution in [0.25, 0.3) is 0 Å². The highest BCUT2D eigenvalue weighted by atomic mass is 16.5. The Hall–Kier alpha value is -0.570. The van der Waals surface area contributed by atoms with Crippen molar-refractivity contribution in [3.8, 4) is 0 Å². The monoisotopic (exact) mass is 183 g/mol. The predicted octanol–water partition coefficient (Wildman–Crippen LogP) is 1.17. The third-order valence-corrected chi connectivity index (χ3v) is 3.27. The molecule has 2 rings (SSSR count). The Morgan fingerprint density at radius 1 is 1.38 bits per heavy atom. The molecule has 3 heteroatoms. The highest BCUT2D eigenvalue weighted by Gasteiger charge is 2.40. The third-order valence-electron chi connectivity index (χ3n) is 3.27. The zero-order valence-electron chi connectivity index (χ0n) is 8.11. The van der Waals surface area contributed by atoms with Crippen LogP contribution in [-0.2, 0) is 9.53 Å². The highest BCUT2D eigenvalue weighted by molar-refractivity contribution is 5.49. The van der Waals surface area contributed by atoms with Crippen LogP contribution < -0.4 is 0 Å². The second-order valence-corrected chi connectivity index (χ2v) is 3.99. The molecular weight excluding hydrogens is 166 g/mol. The number of carbonyl (C=O) groups is 1. The Labute approximate surface area is 79.0 Å². The molecule has 0 radical (unpaired) electrons. The summed E-state index contributed by atoms with van der Waals surface area (Å²) in [5, 5.41) is 0. The van der Waals surface area contributed by atoms with E-state index in [0.717, 1.165) is 25.9 Å². The third kappa shape index (κ3) is 1.57. The summed E-state index contributed by atoms with van der Waals surface area (Å²) < 4.78 is 5.61. The molecule has 2 saturated heterocycles. The summed E-state index contributed by atoms with van der Waals surface area (Å²) in [6, 6.07) is 0.931. The van der Waals surface area contributed by atoms with Crippen molar-refractivity contribution in [2.24, 2.45) is 0 Å². The Morgan fingerprint density at radius 3 is 2.46 bits per heavy atom. The molecule has 0 spiro atoms. The molecular formula is C10H17NO2. The van der Waals surface area contributed by atoms with Gasteiger partial charge in [-0.15, -0.1) is 0 Å². The lowest BCUT2D eigenvalue weighted by Crippen LogP contribution is -2.44. The van der Waals surface area contributed by atoms with Gasteiger partial charge in [-0.3, -0.25) is 4.79 Å². The number of carbonyl (C=O) groups excluding carboxylic acids is 1. The van der Waals surface area contributed by atoms with E-state index in [0.29, 0.717) is 18.2 Å². The smallest absolute Gasteiger partial charge is 0.210 e. The number of nitrogens with zero attached hydrogens (tertiary/aromatic N) is 1. The van der Waals surface area contributed by atoms with Crippen molar-refractivity contribution in [2.45, 2.75) is 50.8 Å². The Bertz CT molecular complexity index is 181. The van der Waals surface area contributed by atoms with E-state index in [1.54, 1.807) is 0 Å². The average molecular weight is 183 g/mol. The van der Waals surface area contributed by atoms with E-state index in [-0.39, 0.29) is 0 Å².